The molecule has 0 saturated carbocycles. The van der Waals surface area contributed by atoms with Crippen molar-refractivity contribution in [3.8, 4) is 0 Å². The van der Waals surface area contributed by atoms with Crippen LogP contribution in [-0.2, 0) is 21.2 Å². The Morgan fingerprint density at radius 2 is 2.03 bits per heavy atom. The molecule has 0 aliphatic carbocycles. The number of hydrogen-bond acceptors (Lipinski definition) is 10. The lowest BCUT2D eigenvalue weighted by atomic mass is 10.00. The van der Waals surface area contributed by atoms with Crippen molar-refractivity contribution in [2.24, 2.45) is 10.2 Å². The van der Waals surface area contributed by atoms with Crippen molar-refractivity contribution in [1.82, 2.24) is 10.2 Å². The van der Waals surface area contributed by atoms with Crippen molar-refractivity contribution in [2.45, 2.75) is 64.5 Å². The van der Waals surface area contributed by atoms with Crippen LogP contribution in [0.5, 0.6) is 0 Å². The third kappa shape index (κ3) is 6.69. The highest BCUT2D eigenvalue weighted by molar-refractivity contribution is 7.93. The number of anilines is 2. The zero-order valence-electron chi connectivity index (χ0n) is 20.0. The van der Waals surface area contributed by atoms with E-state index in [1.54, 1.807) is 11.6 Å². The fraction of sp³-hybridized carbons (Fsp3) is 0.571. The van der Waals surface area contributed by atoms with E-state index in [1.165, 1.54) is 12.1 Å². The number of rotatable bonds is 10. The number of carbonyl (C=O) groups excluding carboxylic acids is 1. The molecule has 36 heavy (non-hydrogen) atoms. The van der Waals surface area contributed by atoms with E-state index >= 15 is 0 Å². The van der Waals surface area contributed by atoms with Crippen LogP contribution in [-0.4, -0.2) is 49.3 Å². The number of azo groups is 1. The number of halogens is 3. The van der Waals surface area contributed by atoms with Gasteiger partial charge in [0.15, 0.2) is 0 Å². The van der Waals surface area contributed by atoms with Crippen LogP contribution in [0.15, 0.2) is 22.4 Å². The third-order valence-electron chi connectivity index (χ3n) is 5.46. The highest BCUT2D eigenvalue weighted by atomic mass is 32.2. The zero-order valence-corrected chi connectivity index (χ0v) is 21.6. The van der Waals surface area contributed by atoms with Gasteiger partial charge in [-0.3, -0.25) is 4.72 Å². The van der Waals surface area contributed by atoms with E-state index in [1.807, 2.05) is 18.7 Å². The van der Waals surface area contributed by atoms with Crippen LogP contribution in [0, 0.1) is 0 Å². The maximum Gasteiger partial charge on any atom is 0.516 e. The molecule has 198 valence electrons. The molecule has 10 nitrogen and oxygen atoms in total. The van der Waals surface area contributed by atoms with Gasteiger partial charge < -0.3 is 9.64 Å². The highest BCUT2D eigenvalue weighted by Crippen LogP contribution is 2.39. The monoisotopic (exact) mass is 548 g/mol. The summed E-state index contributed by atoms with van der Waals surface area (Å²) in [5.74, 6) is -0.678. The van der Waals surface area contributed by atoms with Gasteiger partial charge in [-0.1, -0.05) is 31.6 Å². The fourth-order valence-corrected chi connectivity index (χ4v) is 4.51. The molecule has 2 heterocycles. The lowest BCUT2D eigenvalue weighted by Gasteiger charge is -2.32. The van der Waals surface area contributed by atoms with Crippen LogP contribution >= 0.6 is 11.3 Å². The molecule has 1 aromatic heterocycles. The minimum Gasteiger partial charge on any atom is -0.457 e. The Morgan fingerprint density at radius 3 is 2.69 bits per heavy atom. The zero-order chi connectivity index (χ0) is 26.5. The van der Waals surface area contributed by atoms with Gasteiger partial charge in [-0.2, -0.15) is 21.6 Å². The average Bonchev–Trinajstić information content (AvgIpc) is 3.29. The van der Waals surface area contributed by atoms with E-state index in [4.69, 9.17) is 4.74 Å². The number of hydrogen-bond donors (Lipinski definition) is 1. The lowest BCUT2D eigenvalue weighted by Crippen LogP contribution is -2.32. The molecule has 0 spiro atoms. The molecular weight excluding hydrogens is 521 g/mol. The SMILES string of the molecule is CCCCN1CCCc2cc(N=Nc3nnc(C(=O)OC(C)CC)s3)c(NS(=O)(=O)C(F)(F)F)cc21. The van der Waals surface area contributed by atoms with Crippen molar-refractivity contribution in [3.05, 3.63) is 22.7 Å². The fourth-order valence-electron chi connectivity index (χ4n) is 3.40. The minimum atomic E-state index is -5.70. The molecule has 2 aromatic rings. The largest absolute Gasteiger partial charge is 0.516 e. The number of carbonyl (C=O) groups is 1. The molecule has 3 rings (SSSR count). The van der Waals surface area contributed by atoms with Gasteiger partial charge in [-0.05, 0) is 50.3 Å². The van der Waals surface area contributed by atoms with Crippen molar-refractivity contribution >= 4 is 49.5 Å². The van der Waals surface area contributed by atoms with Crippen LogP contribution in [0.25, 0.3) is 0 Å². The second-order valence-corrected chi connectivity index (χ2v) is 10.8. The van der Waals surface area contributed by atoms with Crippen molar-refractivity contribution < 1.29 is 31.1 Å². The van der Waals surface area contributed by atoms with Crippen LogP contribution in [0.4, 0.5) is 35.4 Å². The maximum absolute atomic E-state index is 13.1. The first-order chi connectivity index (χ1) is 16.9. The Bertz CT molecular complexity index is 1220. The summed E-state index contributed by atoms with van der Waals surface area (Å²) in [5.41, 5.74) is -4.52. The van der Waals surface area contributed by atoms with Gasteiger partial charge in [-0.25, -0.2) is 4.79 Å². The number of aryl methyl sites for hydroxylation is 1. The topological polar surface area (TPSA) is 126 Å². The van der Waals surface area contributed by atoms with Gasteiger partial charge in [0.05, 0.1) is 11.8 Å². The lowest BCUT2D eigenvalue weighted by molar-refractivity contribution is -0.0429. The number of ether oxygens (including phenoxy) is 1. The molecule has 1 aromatic carbocycles. The smallest absolute Gasteiger partial charge is 0.457 e. The summed E-state index contributed by atoms with van der Waals surface area (Å²) in [5, 5.41) is 15.2. The van der Waals surface area contributed by atoms with Crippen LogP contribution in [0.1, 0.15) is 61.8 Å². The molecule has 1 N–H and O–H groups in total. The van der Waals surface area contributed by atoms with E-state index in [0.717, 1.165) is 36.2 Å². The summed E-state index contributed by atoms with van der Waals surface area (Å²) in [4.78, 5) is 14.1. The summed E-state index contributed by atoms with van der Waals surface area (Å²) >= 11 is 0.790. The molecule has 0 amide bonds. The summed E-state index contributed by atoms with van der Waals surface area (Å²) in [6, 6.07) is 2.88. The van der Waals surface area contributed by atoms with Crippen molar-refractivity contribution in [1.29, 1.82) is 0 Å². The summed E-state index contributed by atoms with van der Waals surface area (Å²) in [7, 11) is -5.70. The van der Waals surface area contributed by atoms with E-state index in [-0.39, 0.29) is 27.6 Å². The Kier molecular flexibility index (Phi) is 8.87. The molecule has 0 saturated heterocycles. The number of alkyl halides is 3. The molecular formula is C21H27F3N6O4S2. The van der Waals surface area contributed by atoms with Gasteiger partial charge in [-0.15, -0.1) is 20.4 Å². The molecule has 0 bridgehead atoms. The summed E-state index contributed by atoms with van der Waals surface area (Å²) in [6.07, 6.45) is 3.59. The first-order valence-corrected chi connectivity index (χ1v) is 13.7. The summed E-state index contributed by atoms with van der Waals surface area (Å²) in [6.45, 7) is 7.00. The van der Waals surface area contributed by atoms with Gasteiger partial charge in [0.25, 0.3) is 5.13 Å². The molecule has 0 fully saturated rings. The van der Waals surface area contributed by atoms with Gasteiger partial charge in [0, 0.05) is 18.8 Å². The number of benzene rings is 1. The number of sulfonamides is 1. The van der Waals surface area contributed by atoms with Crippen molar-refractivity contribution in [3.63, 3.8) is 0 Å². The predicted molar refractivity (Wildman–Crippen MR) is 130 cm³/mol. The second kappa shape index (κ2) is 11.5. The Morgan fingerprint density at radius 1 is 1.28 bits per heavy atom. The minimum absolute atomic E-state index is 0.0435. The van der Waals surface area contributed by atoms with E-state index < -0.39 is 21.5 Å². The number of aromatic nitrogens is 2. The van der Waals surface area contributed by atoms with E-state index in [0.29, 0.717) is 31.6 Å². The first kappa shape index (κ1) is 27.8. The Labute approximate surface area is 211 Å². The second-order valence-electron chi connectivity index (χ2n) is 8.21. The molecule has 1 aliphatic heterocycles. The standard InChI is InChI=1S/C21H27F3N6O4S2/c1-4-6-9-30-10-7-8-14-11-15(16(12-17(14)30)29-36(32,33)21(22,23)24)25-27-20-28-26-18(35-20)19(31)34-13(3)5-2/h11-13,29H,4-10H2,1-3H3. The maximum atomic E-state index is 13.1. The number of unbranched alkanes of at least 4 members (excludes halogenated alkanes) is 1. The quantitative estimate of drug-likeness (QED) is 0.297. The molecule has 1 unspecified atom stereocenters. The molecule has 15 heteroatoms. The van der Waals surface area contributed by atoms with Gasteiger partial charge in [0.2, 0.25) is 5.01 Å². The van der Waals surface area contributed by atoms with Gasteiger partial charge >= 0.3 is 21.5 Å². The van der Waals surface area contributed by atoms with E-state index in [2.05, 4.69) is 20.4 Å². The average molecular weight is 549 g/mol. The molecule has 1 atom stereocenters. The van der Waals surface area contributed by atoms with E-state index in [9.17, 15) is 26.4 Å². The predicted octanol–water partition coefficient (Wildman–Crippen LogP) is 5.72. The number of nitrogens with one attached hydrogen (secondary N) is 1. The normalized spacial score (nSPS) is 15.1. The summed E-state index contributed by atoms with van der Waals surface area (Å²) < 4.78 is 69.8. The van der Waals surface area contributed by atoms with Crippen molar-refractivity contribution in [2.75, 3.05) is 22.7 Å². The van der Waals surface area contributed by atoms with Gasteiger partial charge in [0.1, 0.15) is 5.69 Å². The Balaban J connectivity index is 1.96. The highest BCUT2D eigenvalue weighted by Gasteiger charge is 2.46. The number of fused-ring (bicyclic) bond motifs is 1. The first-order valence-electron chi connectivity index (χ1n) is 11.4. The third-order valence-corrected chi connectivity index (χ3v) is 7.34. The molecule has 0 radical (unpaired) electrons. The molecule has 1 aliphatic rings. The van der Waals surface area contributed by atoms with Crippen LogP contribution < -0.4 is 9.62 Å². The van der Waals surface area contributed by atoms with Crippen LogP contribution in [0.3, 0.4) is 0 Å². The Hall–Kier alpha value is -2.81. The number of esters is 1. The number of nitrogens with zero attached hydrogens (tertiary/aromatic N) is 5. The van der Waals surface area contributed by atoms with Crippen LogP contribution in [0.2, 0.25) is 0 Å².